The molecule has 3 rings (SSSR count). The number of piperazine rings is 1. The van der Waals surface area contributed by atoms with E-state index in [2.05, 4.69) is 43.0 Å². The second-order valence-electron chi connectivity index (χ2n) is 8.73. The number of carbonyl (C=O) groups excluding carboxylic acids is 1. The molecule has 0 N–H and O–H groups in total. The van der Waals surface area contributed by atoms with Gasteiger partial charge in [0.2, 0.25) is 5.91 Å². The normalized spacial score (nSPS) is 15.4. The zero-order valence-corrected chi connectivity index (χ0v) is 19.5. The van der Waals surface area contributed by atoms with Crippen molar-refractivity contribution < 1.29 is 13.2 Å². The Morgan fingerprint density at radius 1 is 0.903 bits per heavy atom. The summed E-state index contributed by atoms with van der Waals surface area (Å²) in [6.07, 6.45) is 1.26. The van der Waals surface area contributed by atoms with E-state index >= 15 is 0 Å². The largest absolute Gasteiger partial charge is 0.339 e. The van der Waals surface area contributed by atoms with Crippen LogP contribution in [0.3, 0.4) is 0 Å². The predicted molar refractivity (Wildman–Crippen MR) is 126 cm³/mol. The Bertz CT molecular complexity index is 932. The lowest BCUT2D eigenvalue weighted by molar-refractivity contribution is -0.130. The Hall–Kier alpha value is -2.18. The molecule has 0 atom stereocenters. The first-order valence-corrected chi connectivity index (χ1v) is 13.0. The predicted octanol–water partition coefficient (Wildman–Crippen LogP) is 3.50. The molecule has 2 aromatic rings. The van der Waals surface area contributed by atoms with Crippen LogP contribution in [0.25, 0.3) is 0 Å². The van der Waals surface area contributed by atoms with Crippen molar-refractivity contribution in [1.29, 1.82) is 0 Å². The van der Waals surface area contributed by atoms with Crippen molar-refractivity contribution in [2.45, 2.75) is 39.2 Å². The lowest BCUT2D eigenvalue weighted by atomic mass is 10.0. The van der Waals surface area contributed by atoms with Gasteiger partial charge in [-0.15, -0.1) is 0 Å². The molecule has 1 heterocycles. The number of hydrogen-bond acceptors (Lipinski definition) is 4. The molecule has 0 bridgehead atoms. The topological polar surface area (TPSA) is 57.7 Å². The van der Waals surface area contributed by atoms with E-state index in [0.717, 1.165) is 25.2 Å². The molecule has 1 fully saturated rings. The first kappa shape index (κ1) is 23.5. The van der Waals surface area contributed by atoms with Gasteiger partial charge in [0.15, 0.2) is 9.84 Å². The standard InChI is InChI=1S/C25H34N2O3S/c1-21(2)24-12-10-23(11-13-24)19-26-14-16-27(17-15-26)25(28)20-31(29,30)18-6-9-22-7-4-3-5-8-22/h3-5,7-8,10-13,21H,6,9,14-20H2,1-2H3. The highest BCUT2D eigenvalue weighted by Crippen LogP contribution is 2.16. The fourth-order valence-corrected chi connectivity index (χ4v) is 5.20. The van der Waals surface area contributed by atoms with Crippen molar-refractivity contribution in [3.63, 3.8) is 0 Å². The van der Waals surface area contributed by atoms with Crippen LogP contribution in [-0.2, 0) is 27.6 Å². The zero-order chi connectivity index (χ0) is 22.3. The fourth-order valence-electron chi connectivity index (χ4n) is 3.91. The maximum absolute atomic E-state index is 12.5. The highest BCUT2D eigenvalue weighted by atomic mass is 32.2. The first-order valence-electron chi connectivity index (χ1n) is 11.2. The summed E-state index contributed by atoms with van der Waals surface area (Å²) in [5, 5.41) is 0. The molecule has 0 radical (unpaired) electrons. The summed E-state index contributed by atoms with van der Waals surface area (Å²) in [5.41, 5.74) is 3.73. The molecule has 1 aliphatic heterocycles. The highest BCUT2D eigenvalue weighted by Gasteiger charge is 2.25. The monoisotopic (exact) mass is 442 g/mol. The van der Waals surface area contributed by atoms with E-state index in [4.69, 9.17) is 0 Å². The van der Waals surface area contributed by atoms with Crippen molar-refractivity contribution in [3.05, 3.63) is 71.3 Å². The number of benzene rings is 2. The third-order valence-electron chi connectivity index (χ3n) is 5.88. The maximum atomic E-state index is 12.5. The van der Waals surface area contributed by atoms with Crippen LogP contribution in [-0.4, -0.2) is 61.8 Å². The van der Waals surface area contributed by atoms with Gasteiger partial charge in [0.25, 0.3) is 0 Å². The summed E-state index contributed by atoms with van der Waals surface area (Å²) in [5.74, 6) is -0.0582. The Labute approximate surface area is 187 Å². The molecule has 0 aliphatic carbocycles. The summed E-state index contributed by atoms with van der Waals surface area (Å²) < 4.78 is 24.8. The third-order valence-corrected chi connectivity index (χ3v) is 7.48. The average Bonchev–Trinajstić information content (AvgIpc) is 2.75. The number of amides is 1. The number of hydrogen-bond donors (Lipinski definition) is 0. The molecule has 1 amide bonds. The second kappa shape index (κ2) is 10.9. The summed E-state index contributed by atoms with van der Waals surface area (Å²) in [7, 11) is -3.38. The minimum Gasteiger partial charge on any atom is -0.339 e. The summed E-state index contributed by atoms with van der Waals surface area (Å²) in [6, 6.07) is 18.6. The van der Waals surface area contributed by atoms with Gasteiger partial charge in [0.1, 0.15) is 5.75 Å². The molecular weight excluding hydrogens is 408 g/mol. The lowest BCUT2D eigenvalue weighted by Gasteiger charge is -2.34. The van der Waals surface area contributed by atoms with Crippen molar-refractivity contribution in [1.82, 2.24) is 9.80 Å². The molecule has 6 heteroatoms. The minimum absolute atomic E-state index is 0.0555. The van der Waals surface area contributed by atoms with Crippen molar-refractivity contribution in [2.75, 3.05) is 37.7 Å². The second-order valence-corrected chi connectivity index (χ2v) is 10.9. The van der Waals surface area contributed by atoms with Gasteiger partial charge in [0, 0.05) is 32.7 Å². The molecule has 0 unspecified atom stereocenters. The van der Waals surface area contributed by atoms with Crippen LogP contribution in [0, 0.1) is 0 Å². The smallest absolute Gasteiger partial charge is 0.237 e. The van der Waals surface area contributed by atoms with E-state index in [1.807, 2.05) is 30.3 Å². The number of nitrogens with zero attached hydrogens (tertiary/aromatic N) is 2. The Morgan fingerprint density at radius 3 is 2.16 bits per heavy atom. The molecule has 0 spiro atoms. The van der Waals surface area contributed by atoms with Gasteiger partial charge in [-0.1, -0.05) is 68.4 Å². The lowest BCUT2D eigenvalue weighted by Crippen LogP contribution is -2.49. The van der Waals surface area contributed by atoms with E-state index in [9.17, 15) is 13.2 Å². The van der Waals surface area contributed by atoms with Gasteiger partial charge in [-0.2, -0.15) is 0 Å². The summed E-state index contributed by atoms with van der Waals surface area (Å²) in [6.45, 7) is 7.95. The number of rotatable bonds is 9. The molecule has 1 saturated heterocycles. The van der Waals surface area contributed by atoms with Crippen molar-refractivity contribution >= 4 is 15.7 Å². The van der Waals surface area contributed by atoms with E-state index in [1.165, 1.54) is 11.1 Å². The van der Waals surface area contributed by atoms with Crippen LogP contribution in [0.1, 0.15) is 42.9 Å². The van der Waals surface area contributed by atoms with Gasteiger partial charge in [-0.3, -0.25) is 9.69 Å². The van der Waals surface area contributed by atoms with Gasteiger partial charge >= 0.3 is 0 Å². The molecule has 0 aromatic heterocycles. The Morgan fingerprint density at radius 2 is 1.55 bits per heavy atom. The van der Waals surface area contributed by atoms with E-state index < -0.39 is 9.84 Å². The van der Waals surface area contributed by atoms with Gasteiger partial charge in [-0.25, -0.2) is 8.42 Å². The van der Waals surface area contributed by atoms with E-state index in [-0.39, 0.29) is 17.4 Å². The number of aryl methyl sites for hydroxylation is 1. The molecule has 31 heavy (non-hydrogen) atoms. The van der Waals surface area contributed by atoms with Gasteiger partial charge in [-0.05, 0) is 35.4 Å². The molecule has 0 saturated carbocycles. The average molecular weight is 443 g/mol. The summed E-state index contributed by atoms with van der Waals surface area (Å²) >= 11 is 0. The first-order chi connectivity index (χ1) is 14.8. The molecule has 5 nitrogen and oxygen atoms in total. The summed E-state index contributed by atoms with van der Waals surface area (Å²) in [4.78, 5) is 16.6. The van der Waals surface area contributed by atoms with Crippen LogP contribution in [0.4, 0.5) is 0 Å². The van der Waals surface area contributed by atoms with E-state index in [0.29, 0.717) is 31.8 Å². The van der Waals surface area contributed by atoms with Crippen LogP contribution in [0.5, 0.6) is 0 Å². The third kappa shape index (κ3) is 7.47. The van der Waals surface area contributed by atoms with Crippen LogP contribution in [0.2, 0.25) is 0 Å². The fraction of sp³-hybridized carbons (Fsp3) is 0.480. The van der Waals surface area contributed by atoms with Crippen LogP contribution >= 0.6 is 0 Å². The highest BCUT2D eigenvalue weighted by molar-refractivity contribution is 7.92. The van der Waals surface area contributed by atoms with Crippen molar-refractivity contribution in [2.24, 2.45) is 0 Å². The minimum atomic E-state index is -3.38. The molecular formula is C25H34N2O3S. The van der Waals surface area contributed by atoms with Gasteiger partial charge < -0.3 is 4.90 Å². The Kier molecular flexibility index (Phi) is 8.27. The van der Waals surface area contributed by atoms with Crippen LogP contribution in [0.15, 0.2) is 54.6 Å². The molecule has 168 valence electrons. The van der Waals surface area contributed by atoms with Gasteiger partial charge in [0.05, 0.1) is 5.75 Å². The van der Waals surface area contributed by atoms with Crippen molar-refractivity contribution in [3.8, 4) is 0 Å². The molecule has 2 aromatic carbocycles. The quantitative estimate of drug-likeness (QED) is 0.596. The maximum Gasteiger partial charge on any atom is 0.237 e. The number of carbonyl (C=O) groups is 1. The van der Waals surface area contributed by atoms with E-state index in [1.54, 1.807) is 4.90 Å². The molecule has 1 aliphatic rings. The SMILES string of the molecule is CC(C)c1ccc(CN2CCN(C(=O)CS(=O)(=O)CCCc3ccccc3)CC2)cc1. The Balaban J connectivity index is 1.40. The number of sulfone groups is 1. The van der Waals surface area contributed by atoms with Crippen LogP contribution < -0.4 is 0 Å². The zero-order valence-electron chi connectivity index (χ0n) is 18.7.